The van der Waals surface area contributed by atoms with Crippen molar-refractivity contribution in [1.82, 2.24) is 20.6 Å². The number of carboxylic acid groups (broad SMARTS) is 1. The Kier molecular flexibility index (Phi) is 6.47. The molecule has 0 radical (unpaired) electrons. The summed E-state index contributed by atoms with van der Waals surface area (Å²) in [5.41, 5.74) is 6.01. The van der Waals surface area contributed by atoms with Crippen LogP contribution in [0.1, 0.15) is 12.6 Å². The zero-order valence-corrected chi connectivity index (χ0v) is 11.9. The van der Waals surface area contributed by atoms with Gasteiger partial charge in [0.2, 0.25) is 11.8 Å². The Morgan fingerprint density at radius 3 is 2.41 bits per heavy atom. The van der Waals surface area contributed by atoms with Crippen LogP contribution in [0, 0.1) is 0 Å². The Bertz CT molecular complexity index is 516. The minimum atomic E-state index is -1.45. The molecule has 10 heteroatoms. The number of aliphatic hydroxyl groups excluding tert-OH is 1. The lowest BCUT2D eigenvalue weighted by molar-refractivity contribution is -0.143. The molecule has 7 N–H and O–H groups in total. The maximum atomic E-state index is 12.1. The van der Waals surface area contributed by atoms with Crippen LogP contribution in [-0.2, 0) is 20.8 Å². The Labute approximate surface area is 126 Å². The van der Waals surface area contributed by atoms with Crippen LogP contribution in [0.5, 0.6) is 0 Å². The van der Waals surface area contributed by atoms with Crippen LogP contribution >= 0.6 is 0 Å². The van der Waals surface area contributed by atoms with Gasteiger partial charge in [-0.15, -0.1) is 0 Å². The van der Waals surface area contributed by atoms with Crippen molar-refractivity contribution in [2.24, 2.45) is 5.73 Å². The van der Waals surface area contributed by atoms with E-state index in [4.69, 9.17) is 15.9 Å². The van der Waals surface area contributed by atoms with Crippen molar-refractivity contribution in [3.63, 3.8) is 0 Å². The maximum Gasteiger partial charge on any atom is 0.328 e. The number of rotatable bonds is 8. The summed E-state index contributed by atoms with van der Waals surface area (Å²) >= 11 is 0. The quantitative estimate of drug-likeness (QED) is 0.304. The molecule has 0 unspecified atom stereocenters. The van der Waals surface area contributed by atoms with Gasteiger partial charge < -0.3 is 31.6 Å². The number of hydrogen-bond donors (Lipinski definition) is 6. The predicted octanol–water partition coefficient (Wildman–Crippen LogP) is -2.65. The van der Waals surface area contributed by atoms with Crippen molar-refractivity contribution < 1.29 is 24.6 Å². The Hall–Kier alpha value is -2.46. The second-order valence-corrected chi connectivity index (χ2v) is 4.71. The second-order valence-electron chi connectivity index (χ2n) is 4.71. The van der Waals surface area contributed by atoms with Crippen LogP contribution in [0.4, 0.5) is 0 Å². The SMILES string of the molecule is C[C@@H](N)C(=O)N[C@H](Cc1cnc[nH]1)C(=O)N[C@H](CO)C(=O)O. The van der Waals surface area contributed by atoms with Gasteiger partial charge in [0.05, 0.1) is 19.0 Å². The van der Waals surface area contributed by atoms with E-state index in [2.05, 4.69) is 20.6 Å². The highest BCUT2D eigenvalue weighted by Gasteiger charge is 2.27. The number of aliphatic carboxylic acids is 1. The summed E-state index contributed by atoms with van der Waals surface area (Å²) in [6, 6.07) is -3.33. The largest absolute Gasteiger partial charge is 0.480 e. The lowest BCUT2D eigenvalue weighted by atomic mass is 10.1. The van der Waals surface area contributed by atoms with Crippen LogP contribution in [0.3, 0.4) is 0 Å². The summed E-state index contributed by atoms with van der Waals surface area (Å²) in [4.78, 5) is 41.2. The number of nitrogens with one attached hydrogen (secondary N) is 3. The number of aromatic amines is 1. The number of aromatic nitrogens is 2. The molecule has 10 nitrogen and oxygen atoms in total. The molecule has 3 atom stereocenters. The van der Waals surface area contributed by atoms with Gasteiger partial charge in [0, 0.05) is 18.3 Å². The highest BCUT2D eigenvalue weighted by molar-refractivity contribution is 5.91. The Balaban J connectivity index is 2.81. The van der Waals surface area contributed by atoms with Crippen molar-refractivity contribution in [3.05, 3.63) is 18.2 Å². The highest BCUT2D eigenvalue weighted by Crippen LogP contribution is 2.00. The zero-order valence-electron chi connectivity index (χ0n) is 11.9. The first-order valence-corrected chi connectivity index (χ1v) is 6.52. The van der Waals surface area contributed by atoms with Crippen molar-refractivity contribution in [1.29, 1.82) is 0 Å². The van der Waals surface area contributed by atoms with Crippen molar-refractivity contribution in [3.8, 4) is 0 Å². The number of H-pyrrole nitrogens is 1. The van der Waals surface area contributed by atoms with Gasteiger partial charge in [-0.2, -0.15) is 0 Å². The smallest absolute Gasteiger partial charge is 0.328 e. The molecule has 22 heavy (non-hydrogen) atoms. The minimum Gasteiger partial charge on any atom is -0.480 e. The monoisotopic (exact) mass is 313 g/mol. The third-order valence-electron chi connectivity index (χ3n) is 2.82. The van der Waals surface area contributed by atoms with Gasteiger partial charge in [-0.3, -0.25) is 9.59 Å². The molecule has 0 spiro atoms. The van der Waals surface area contributed by atoms with Gasteiger partial charge in [0.25, 0.3) is 0 Å². The number of hydrogen-bond acceptors (Lipinski definition) is 6. The zero-order chi connectivity index (χ0) is 16.7. The molecule has 0 aliphatic rings. The topological polar surface area (TPSA) is 170 Å². The summed E-state index contributed by atoms with van der Waals surface area (Å²) in [5, 5.41) is 22.3. The molecule has 2 amide bonds. The van der Waals surface area contributed by atoms with Crippen LogP contribution in [0.25, 0.3) is 0 Å². The number of imidazole rings is 1. The molecule has 122 valence electrons. The van der Waals surface area contributed by atoms with E-state index in [1.807, 2.05) is 0 Å². The lowest BCUT2D eigenvalue weighted by Gasteiger charge is -2.21. The van der Waals surface area contributed by atoms with E-state index in [0.29, 0.717) is 5.69 Å². The van der Waals surface area contributed by atoms with E-state index < -0.39 is 42.5 Å². The van der Waals surface area contributed by atoms with E-state index in [1.54, 1.807) is 0 Å². The van der Waals surface area contributed by atoms with Crippen LogP contribution in [-0.4, -0.2) is 62.7 Å². The maximum absolute atomic E-state index is 12.1. The predicted molar refractivity (Wildman–Crippen MR) is 74.5 cm³/mol. The number of nitrogens with zero attached hydrogens (tertiary/aromatic N) is 1. The normalized spacial score (nSPS) is 14.7. The van der Waals surface area contributed by atoms with Gasteiger partial charge >= 0.3 is 5.97 Å². The van der Waals surface area contributed by atoms with Gasteiger partial charge in [0.1, 0.15) is 12.1 Å². The average molecular weight is 313 g/mol. The molecular formula is C12H19N5O5. The van der Waals surface area contributed by atoms with Crippen LogP contribution in [0.15, 0.2) is 12.5 Å². The van der Waals surface area contributed by atoms with Gasteiger partial charge in [0.15, 0.2) is 0 Å². The number of carbonyl (C=O) groups excluding carboxylic acids is 2. The van der Waals surface area contributed by atoms with Crippen LogP contribution < -0.4 is 16.4 Å². The van der Waals surface area contributed by atoms with Crippen LogP contribution in [0.2, 0.25) is 0 Å². The molecule has 0 bridgehead atoms. The molecular weight excluding hydrogens is 294 g/mol. The van der Waals surface area contributed by atoms with E-state index in [9.17, 15) is 14.4 Å². The second kappa shape index (κ2) is 8.10. The fourth-order valence-electron chi connectivity index (χ4n) is 1.59. The summed E-state index contributed by atoms with van der Waals surface area (Å²) in [6.45, 7) is 0.688. The van der Waals surface area contributed by atoms with E-state index in [1.165, 1.54) is 19.4 Å². The Morgan fingerprint density at radius 1 is 1.32 bits per heavy atom. The molecule has 0 aliphatic carbocycles. The first-order chi connectivity index (χ1) is 10.3. The summed E-state index contributed by atoms with van der Waals surface area (Å²) in [7, 11) is 0. The average Bonchev–Trinajstić information content (AvgIpc) is 2.96. The summed E-state index contributed by atoms with van der Waals surface area (Å²) in [6.07, 6.45) is 2.95. The number of carbonyl (C=O) groups is 3. The van der Waals surface area contributed by atoms with Crippen molar-refractivity contribution in [2.75, 3.05) is 6.61 Å². The first kappa shape index (κ1) is 17.6. The number of aliphatic hydroxyl groups is 1. The molecule has 1 aromatic heterocycles. The molecule has 0 aliphatic heterocycles. The van der Waals surface area contributed by atoms with Gasteiger partial charge in [-0.05, 0) is 6.92 Å². The lowest BCUT2D eigenvalue weighted by Crippen LogP contribution is -2.55. The Morgan fingerprint density at radius 2 is 1.95 bits per heavy atom. The highest BCUT2D eigenvalue weighted by atomic mass is 16.4. The first-order valence-electron chi connectivity index (χ1n) is 6.52. The number of amides is 2. The van der Waals surface area contributed by atoms with Gasteiger partial charge in [-0.1, -0.05) is 0 Å². The third kappa shape index (κ3) is 5.14. The van der Waals surface area contributed by atoms with Crippen molar-refractivity contribution >= 4 is 17.8 Å². The fraction of sp³-hybridized carbons (Fsp3) is 0.500. The molecule has 0 fully saturated rings. The molecule has 1 aromatic rings. The summed E-state index contributed by atoms with van der Waals surface area (Å²) in [5.74, 6) is -2.68. The number of nitrogens with two attached hydrogens (primary N) is 1. The number of carboxylic acids is 1. The van der Waals surface area contributed by atoms with E-state index in [-0.39, 0.29) is 6.42 Å². The minimum absolute atomic E-state index is 0.0715. The van der Waals surface area contributed by atoms with E-state index in [0.717, 1.165) is 0 Å². The molecule has 1 heterocycles. The summed E-state index contributed by atoms with van der Waals surface area (Å²) < 4.78 is 0. The van der Waals surface area contributed by atoms with Gasteiger partial charge in [-0.25, -0.2) is 9.78 Å². The standard InChI is InChI=1S/C12H19N5O5/c1-6(13)10(19)16-8(2-7-3-14-5-15-7)11(20)17-9(4-18)12(21)22/h3,5-6,8-9,18H,2,4,13H2,1H3,(H,14,15)(H,16,19)(H,17,20)(H,21,22)/t6-,8-,9-/m1/s1. The molecule has 0 saturated heterocycles. The molecule has 0 aromatic carbocycles. The molecule has 1 rings (SSSR count). The van der Waals surface area contributed by atoms with E-state index >= 15 is 0 Å². The third-order valence-corrected chi connectivity index (χ3v) is 2.82. The fourth-order valence-corrected chi connectivity index (χ4v) is 1.59. The molecule has 0 saturated carbocycles. The van der Waals surface area contributed by atoms with Crippen molar-refractivity contribution in [2.45, 2.75) is 31.5 Å².